The molecule has 1 saturated heterocycles. The zero-order valence-corrected chi connectivity index (χ0v) is 14.0. The number of nitrogens with two attached hydrogens (primary N) is 1. The topological polar surface area (TPSA) is 61.5 Å². The minimum absolute atomic E-state index is 0.324. The molecule has 0 bridgehead atoms. The van der Waals surface area contributed by atoms with E-state index in [0.717, 1.165) is 18.1 Å². The first kappa shape index (κ1) is 16.6. The van der Waals surface area contributed by atoms with E-state index < -0.39 is 11.4 Å². The summed E-state index contributed by atoms with van der Waals surface area (Å²) in [6.45, 7) is 6.49. The van der Waals surface area contributed by atoms with E-state index in [4.69, 9.17) is 9.88 Å². The number of hydrogen-bond acceptors (Lipinski definition) is 4. The maximum absolute atomic E-state index is 11.2. The van der Waals surface area contributed by atoms with Gasteiger partial charge in [-0.1, -0.05) is 6.07 Å². The minimum Gasteiger partial charge on any atom is -0.593 e. The zero-order chi connectivity index (χ0) is 15.5. The van der Waals surface area contributed by atoms with Crippen LogP contribution in [0.3, 0.4) is 0 Å². The Balaban J connectivity index is 1.72. The third-order valence-electron chi connectivity index (χ3n) is 4.42. The van der Waals surface area contributed by atoms with Gasteiger partial charge in [-0.15, -0.1) is 5.14 Å². The molecule has 1 aliphatic rings. The molecule has 1 fully saturated rings. The van der Waals surface area contributed by atoms with Crippen LogP contribution in [0.4, 0.5) is 0 Å². The summed E-state index contributed by atoms with van der Waals surface area (Å²) in [4.78, 5) is 3.05. The molecule has 0 radical (unpaired) electrons. The van der Waals surface area contributed by atoms with Crippen LogP contribution in [0.15, 0.2) is 29.2 Å². The number of hydrogen-bond donors (Lipinski definition) is 1. The van der Waals surface area contributed by atoms with E-state index in [1.54, 1.807) is 12.1 Å². The standard InChI is InChI=1S/C16H26N2O2S/c1-16(2)11-13(12-18(16)3)6-5-9-20-14-7-4-8-15(10-14)21(17)19/h4,7-8,10,13H,5-6,9,11-12,17H2,1-3H3. The van der Waals surface area contributed by atoms with Gasteiger partial charge in [-0.2, -0.15) is 0 Å². The van der Waals surface area contributed by atoms with Crippen molar-refractivity contribution in [3.05, 3.63) is 24.3 Å². The van der Waals surface area contributed by atoms with E-state index >= 15 is 0 Å². The van der Waals surface area contributed by atoms with Gasteiger partial charge in [-0.05, 0) is 58.2 Å². The molecule has 1 aromatic carbocycles. The lowest BCUT2D eigenvalue weighted by Gasteiger charge is -2.26. The highest BCUT2D eigenvalue weighted by molar-refractivity contribution is 7.89. The van der Waals surface area contributed by atoms with Gasteiger partial charge in [0.1, 0.15) is 5.75 Å². The monoisotopic (exact) mass is 310 g/mol. The fourth-order valence-electron chi connectivity index (χ4n) is 3.01. The Kier molecular flexibility index (Phi) is 5.54. The van der Waals surface area contributed by atoms with Gasteiger partial charge in [0.25, 0.3) is 0 Å². The molecule has 0 spiro atoms. The Bertz CT molecular complexity index is 465. The van der Waals surface area contributed by atoms with E-state index in [1.807, 2.05) is 12.1 Å². The number of likely N-dealkylation sites (tertiary alicyclic amines) is 1. The van der Waals surface area contributed by atoms with Gasteiger partial charge in [0, 0.05) is 18.2 Å². The van der Waals surface area contributed by atoms with Gasteiger partial charge in [0.05, 0.1) is 18.0 Å². The number of nitrogens with zero attached hydrogens (tertiary/aromatic N) is 1. The molecule has 1 aromatic rings. The second kappa shape index (κ2) is 7.01. The maximum Gasteiger partial charge on any atom is 0.177 e. The second-order valence-corrected chi connectivity index (χ2v) is 7.59. The maximum atomic E-state index is 11.2. The van der Waals surface area contributed by atoms with E-state index in [1.165, 1.54) is 19.4 Å². The molecule has 2 rings (SSSR count). The summed E-state index contributed by atoms with van der Waals surface area (Å²) >= 11 is -1.45. The largest absolute Gasteiger partial charge is 0.593 e. The van der Waals surface area contributed by atoms with E-state index in [0.29, 0.717) is 17.0 Å². The average molecular weight is 310 g/mol. The molecule has 2 unspecified atom stereocenters. The molecular formula is C16H26N2O2S. The SMILES string of the molecule is CN1CC(CCCOc2cccc([S+](N)[O-])c2)CC1(C)C. The van der Waals surface area contributed by atoms with Crippen molar-refractivity contribution in [1.82, 2.24) is 4.90 Å². The number of ether oxygens (including phenoxy) is 1. The third-order valence-corrected chi connectivity index (χ3v) is 5.14. The molecule has 0 amide bonds. The third kappa shape index (κ3) is 4.61. The first-order valence-corrected chi connectivity index (χ1v) is 8.70. The van der Waals surface area contributed by atoms with Crippen LogP contribution in [0, 0.1) is 5.92 Å². The predicted octanol–water partition coefficient (Wildman–Crippen LogP) is 2.56. The van der Waals surface area contributed by atoms with Gasteiger partial charge in [-0.3, -0.25) is 0 Å². The van der Waals surface area contributed by atoms with Crippen LogP contribution in [0.1, 0.15) is 33.1 Å². The zero-order valence-electron chi connectivity index (χ0n) is 13.2. The number of benzene rings is 1. The van der Waals surface area contributed by atoms with Crippen LogP contribution >= 0.6 is 0 Å². The Morgan fingerprint density at radius 2 is 2.24 bits per heavy atom. The van der Waals surface area contributed by atoms with Gasteiger partial charge in [0.15, 0.2) is 4.90 Å². The molecule has 0 aromatic heterocycles. The normalized spacial score (nSPS) is 23.2. The smallest absolute Gasteiger partial charge is 0.177 e. The number of rotatable bonds is 6. The molecule has 2 N–H and O–H groups in total. The first-order chi connectivity index (χ1) is 9.88. The van der Waals surface area contributed by atoms with Crippen molar-refractivity contribution in [2.24, 2.45) is 11.1 Å². The Hall–Kier alpha value is -0.750. The Morgan fingerprint density at radius 3 is 2.86 bits per heavy atom. The van der Waals surface area contributed by atoms with Gasteiger partial charge in [-0.25, -0.2) is 0 Å². The highest BCUT2D eigenvalue weighted by Crippen LogP contribution is 2.33. The van der Waals surface area contributed by atoms with Crippen LogP contribution in [0.25, 0.3) is 0 Å². The summed E-state index contributed by atoms with van der Waals surface area (Å²) < 4.78 is 17.0. The highest BCUT2D eigenvalue weighted by Gasteiger charge is 2.35. The van der Waals surface area contributed by atoms with Crippen LogP contribution in [-0.4, -0.2) is 35.2 Å². The molecule has 1 heterocycles. The van der Waals surface area contributed by atoms with E-state index in [9.17, 15) is 4.55 Å². The fraction of sp³-hybridized carbons (Fsp3) is 0.625. The molecule has 0 saturated carbocycles. The first-order valence-electron chi connectivity index (χ1n) is 7.49. The molecule has 21 heavy (non-hydrogen) atoms. The van der Waals surface area contributed by atoms with Crippen molar-refractivity contribution in [1.29, 1.82) is 0 Å². The Labute approximate surface area is 131 Å². The summed E-state index contributed by atoms with van der Waals surface area (Å²) in [5, 5.41) is 5.37. The van der Waals surface area contributed by atoms with Crippen LogP contribution in [0.2, 0.25) is 0 Å². The lowest BCUT2D eigenvalue weighted by atomic mass is 9.93. The van der Waals surface area contributed by atoms with Crippen molar-refractivity contribution in [2.75, 3.05) is 20.2 Å². The molecule has 2 atom stereocenters. The summed E-state index contributed by atoms with van der Waals surface area (Å²) in [6, 6.07) is 7.20. The second-order valence-electron chi connectivity index (χ2n) is 6.53. The van der Waals surface area contributed by atoms with Crippen LogP contribution in [0.5, 0.6) is 5.75 Å². The molecule has 0 aliphatic carbocycles. The van der Waals surface area contributed by atoms with Gasteiger partial charge < -0.3 is 14.2 Å². The molecule has 5 heteroatoms. The Morgan fingerprint density at radius 1 is 1.48 bits per heavy atom. The van der Waals surface area contributed by atoms with Crippen molar-refractivity contribution >= 4 is 11.4 Å². The van der Waals surface area contributed by atoms with Gasteiger partial charge in [0.2, 0.25) is 0 Å². The van der Waals surface area contributed by atoms with Crippen LogP contribution < -0.4 is 9.88 Å². The van der Waals surface area contributed by atoms with Crippen LogP contribution in [-0.2, 0) is 11.4 Å². The fourth-order valence-corrected chi connectivity index (χ4v) is 3.45. The van der Waals surface area contributed by atoms with Gasteiger partial charge >= 0.3 is 0 Å². The molecule has 4 nitrogen and oxygen atoms in total. The summed E-state index contributed by atoms with van der Waals surface area (Å²) in [6.07, 6.45) is 3.49. The lowest BCUT2D eigenvalue weighted by Crippen LogP contribution is -2.34. The summed E-state index contributed by atoms with van der Waals surface area (Å²) in [5.74, 6) is 1.51. The average Bonchev–Trinajstić information content (AvgIpc) is 2.68. The minimum atomic E-state index is -1.45. The predicted molar refractivity (Wildman–Crippen MR) is 86.6 cm³/mol. The van der Waals surface area contributed by atoms with Crippen molar-refractivity contribution in [3.8, 4) is 5.75 Å². The molecule has 1 aliphatic heterocycles. The molecular weight excluding hydrogens is 284 g/mol. The summed E-state index contributed by atoms with van der Waals surface area (Å²) in [5.41, 5.74) is 0.324. The van der Waals surface area contributed by atoms with E-state index in [-0.39, 0.29) is 0 Å². The van der Waals surface area contributed by atoms with E-state index in [2.05, 4.69) is 25.8 Å². The molecule has 118 valence electrons. The van der Waals surface area contributed by atoms with Crippen molar-refractivity contribution in [2.45, 2.75) is 43.5 Å². The van der Waals surface area contributed by atoms with Crippen molar-refractivity contribution in [3.63, 3.8) is 0 Å². The quantitative estimate of drug-likeness (QED) is 0.648. The lowest BCUT2D eigenvalue weighted by molar-refractivity contribution is 0.218. The van der Waals surface area contributed by atoms with Crippen molar-refractivity contribution < 1.29 is 9.29 Å². The highest BCUT2D eigenvalue weighted by atomic mass is 32.2. The summed E-state index contributed by atoms with van der Waals surface area (Å²) in [7, 11) is 2.20.